The smallest absolute Gasteiger partial charge is 0.258 e. The molecule has 3 N–H and O–H groups in total. The number of nitrogens with zero attached hydrogens (tertiary/aromatic N) is 1. The van der Waals surface area contributed by atoms with Crippen LogP contribution in [0, 0.1) is 0 Å². The van der Waals surface area contributed by atoms with Gasteiger partial charge in [-0.1, -0.05) is 36.4 Å². The van der Waals surface area contributed by atoms with Gasteiger partial charge in [0.15, 0.2) is 5.60 Å². The Balaban J connectivity index is 1.68. The third-order valence-electron chi connectivity index (χ3n) is 4.99. The molecule has 2 aromatic carbocycles. The van der Waals surface area contributed by atoms with Gasteiger partial charge in [0.1, 0.15) is 11.5 Å². The number of aliphatic hydroxyl groups is 1. The van der Waals surface area contributed by atoms with E-state index in [1.807, 2.05) is 6.07 Å². The fourth-order valence-electron chi connectivity index (χ4n) is 3.46. The average Bonchev–Trinajstić information content (AvgIpc) is 2.62. The fourth-order valence-corrected chi connectivity index (χ4v) is 3.46. The van der Waals surface area contributed by atoms with Gasteiger partial charge >= 0.3 is 0 Å². The standard InChI is InChI=1S/C20H23NO4/c1-20(25,15-5-3-2-4-6-15)19(24)21-11-9-14(10-12-21)17-8-7-16(22)13-18(17)23/h2-8,13-14,22-23,25H,9-12H2,1H3/t20-/m0/s1. The molecule has 25 heavy (non-hydrogen) atoms. The molecule has 1 atom stereocenters. The molecule has 1 aliphatic rings. The van der Waals surface area contributed by atoms with Gasteiger partial charge in [-0.15, -0.1) is 0 Å². The van der Waals surface area contributed by atoms with E-state index in [4.69, 9.17) is 0 Å². The molecule has 0 saturated carbocycles. The van der Waals surface area contributed by atoms with Crippen LogP contribution in [-0.2, 0) is 10.4 Å². The molecule has 0 spiro atoms. The highest BCUT2D eigenvalue weighted by molar-refractivity contribution is 5.86. The molecule has 132 valence electrons. The van der Waals surface area contributed by atoms with Gasteiger partial charge in [-0.05, 0) is 42.9 Å². The van der Waals surface area contributed by atoms with Crippen molar-refractivity contribution in [3.63, 3.8) is 0 Å². The van der Waals surface area contributed by atoms with Crippen molar-refractivity contribution in [2.45, 2.75) is 31.3 Å². The Morgan fingerprint density at radius 2 is 1.72 bits per heavy atom. The number of hydrogen-bond donors (Lipinski definition) is 3. The van der Waals surface area contributed by atoms with Crippen molar-refractivity contribution in [1.82, 2.24) is 4.90 Å². The third kappa shape index (κ3) is 3.46. The molecule has 1 heterocycles. The summed E-state index contributed by atoms with van der Waals surface area (Å²) in [5, 5.41) is 30.1. The molecule has 1 amide bonds. The Hall–Kier alpha value is -2.53. The molecule has 0 radical (unpaired) electrons. The van der Waals surface area contributed by atoms with E-state index in [0.717, 1.165) is 5.56 Å². The van der Waals surface area contributed by atoms with E-state index in [1.54, 1.807) is 41.3 Å². The minimum atomic E-state index is -1.55. The van der Waals surface area contributed by atoms with Gasteiger partial charge in [0, 0.05) is 19.2 Å². The van der Waals surface area contributed by atoms with Crippen molar-refractivity contribution in [3.05, 3.63) is 59.7 Å². The molecule has 3 rings (SSSR count). The van der Waals surface area contributed by atoms with Crippen molar-refractivity contribution in [2.75, 3.05) is 13.1 Å². The van der Waals surface area contributed by atoms with Crippen LogP contribution in [0.3, 0.4) is 0 Å². The molecular weight excluding hydrogens is 318 g/mol. The largest absolute Gasteiger partial charge is 0.508 e. The first-order valence-corrected chi connectivity index (χ1v) is 8.48. The van der Waals surface area contributed by atoms with Gasteiger partial charge in [-0.25, -0.2) is 0 Å². The Bertz CT molecular complexity index is 750. The van der Waals surface area contributed by atoms with Gasteiger partial charge in [0.25, 0.3) is 5.91 Å². The number of carbonyl (C=O) groups excluding carboxylic acids is 1. The van der Waals surface area contributed by atoms with Crippen LogP contribution in [0.2, 0.25) is 0 Å². The van der Waals surface area contributed by atoms with Gasteiger partial charge in [-0.3, -0.25) is 4.79 Å². The van der Waals surface area contributed by atoms with Crippen molar-refractivity contribution in [2.24, 2.45) is 0 Å². The van der Waals surface area contributed by atoms with Crippen LogP contribution in [0.1, 0.15) is 36.8 Å². The average molecular weight is 341 g/mol. The van der Waals surface area contributed by atoms with Crippen molar-refractivity contribution >= 4 is 5.91 Å². The Kier molecular flexibility index (Phi) is 4.68. The number of benzene rings is 2. The number of phenols is 2. The summed E-state index contributed by atoms with van der Waals surface area (Å²) in [6.07, 6.45) is 1.41. The van der Waals surface area contributed by atoms with E-state index in [0.29, 0.717) is 31.5 Å². The molecule has 1 fully saturated rings. The minimum Gasteiger partial charge on any atom is -0.508 e. The molecule has 5 heteroatoms. The summed E-state index contributed by atoms with van der Waals surface area (Å²) >= 11 is 0. The first-order chi connectivity index (χ1) is 11.9. The highest BCUT2D eigenvalue weighted by Gasteiger charge is 2.37. The lowest BCUT2D eigenvalue weighted by Gasteiger charge is -2.36. The molecule has 1 saturated heterocycles. The van der Waals surface area contributed by atoms with Gasteiger partial charge in [0.2, 0.25) is 0 Å². The second-order valence-electron chi connectivity index (χ2n) is 6.75. The zero-order valence-electron chi connectivity index (χ0n) is 14.2. The fraction of sp³-hybridized carbons (Fsp3) is 0.350. The van der Waals surface area contributed by atoms with E-state index in [2.05, 4.69) is 0 Å². The lowest BCUT2D eigenvalue weighted by Crippen LogP contribution is -2.48. The molecular formula is C20H23NO4. The van der Waals surface area contributed by atoms with Gasteiger partial charge < -0.3 is 20.2 Å². The molecule has 0 aliphatic carbocycles. The van der Waals surface area contributed by atoms with Crippen molar-refractivity contribution in [3.8, 4) is 11.5 Å². The van der Waals surface area contributed by atoms with E-state index < -0.39 is 5.60 Å². The Labute approximate surface area is 147 Å². The summed E-state index contributed by atoms with van der Waals surface area (Å²) in [5.74, 6) is -0.0489. The minimum absolute atomic E-state index is 0.0350. The first kappa shape index (κ1) is 17.3. The first-order valence-electron chi connectivity index (χ1n) is 8.48. The van der Waals surface area contributed by atoms with E-state index in [9.17, 15) is 20.1 Å². The molecule has 0 bridgehead atoms. The maximum absolute atomic E-state index is 12.8. The second kappa shape index (κ2) is 6.76. The number of phenolic OH excluding ortho intramolecular Hbond substituents is 2. The van der Waals surface area contributed by atoms with Gasteiger partial charge in [-0.2, -0.15) is 0 Å². The van der Waals surface area contributed by atoms with Crippen LogP contribution >= 0.6 is 0 Å². The number of likely N-dealkylation sites (tertiary alicyclic amines) is 1. The van der Waals surface area contributed by atoms with Crippen LogP contribution in [0.25, 0.3) is 0 Å². The van der Waals surface area contributed by atoms with Crippen LogP contribution in [0.5, 0.6) is 11.5 Å². The topological polar surface area (TPSA) is 81.0 Å². The third-order valence-corrected chi connectivity index (χ3v) is 4.99. The van der Waals surface area contributed by atoms with E-state index in [-0.39, 0.29) is 23.3 Å². The monoisotopic (exact) mass is 341 g/mol. The van der Waals surface area contributed by atoms with Crippen molar-refractivity contribution in [1.29, 1.82) is 0 Å². The predicted octanol–water partition coefficient (Wildman–Crippen LogP) is 2.71. The maximum Gasteiger partial charge on any atom is 0.258 e. The quantitative estimate of drug-likeness (QED) is 0.802. The van der Waals surface area contributed by atoms with Crippen LogP contribution in [0.15, 0.2) is 48.5 Å². The maximum atomic E-state index is 12.8. The number of hydrogen-bond acceptors (Lipinski definition) is 4. The molecule has 1 aliphatic heterocycles. The summed E-state index contributed by atoms with van der Waals surface area (Å²) in [5.41, 5.74) is -0.174. The number of piperidine rings is 1. The Morgan fingerprint density at radius 3 is 2.32 bits per heavy atom. The molecule has 0 unspecified atom stereocenters. The molecule has 2 aromatic rings. The SMILES string of the molecule is C[C@@](O)(C(=O)N1CCC(c2ccc(O)cc2O)CC1)c1ccccc1. The molecule has 0 aromatic heterocycles. The predicted molar refractivity (Wildman–Crippen MR) is 94.3 cm³/mol. The van der Waals surface area contributed by atoms with Crippen LogP contribution in [0.4, 0.5) is 0 Å². The normalized spacial score (nSPS) is 17.9. The highest BCUT2D eigenvalue weighted by atomic mass is 16.3. The zero-order valence-corrected chi connectivity index (χ0v) is 14.2. The summed E-state index contributed by atoms with van der Waals surface area (Å²) in [6, 6.07) is 13.6. The number of carbonyl (C=O) groups is 1. The summed E-state index contributed by atoms with van der Waals surface area (Å²) < 4.78 is 0. The molecule has 5 nitrogen and oxygen atoms in total. The second-order valence-corrected chi connectivity index (χ2v) is 6.75. The lowest BCUT2D eigenvalue weighted by molar-refractivity contribution is -0.151. The summed E-state index contributed by atoms with van der Waals surface area (Å²) in [7, 11) is 0. The number of aromatic hydroxyl groups is 2. The van der Waals surface area contributed by atoms with Crippen molar-refractivity contribution < 1.29 is 20.1 Å². The lowest BCUT2D eigenvalue weighted by atomic mass is 9.87. The van der Waals surface area contributed by atoms with Crippen LogP contribution in [-0.4, -0.2) is 39.2 Å². The zero-order chi connectivity index (χ0) is 18.0. The van der Waals surface area contributed by atoms with E-state index >= 15 is 0 Å². The number of amides is 1. The number of rotatable bonds is 3. The highest BCUT2D eigenvalue weighted by Crippen LogP contribution is 2.36. The Morgan fingerprint density at radius 1 is 1.08 bits per heavy atom. The summed E-state index contributed by atoms with van der Waals surface area (Å²) in [6.45, 7) is 2.57. The summed E-state index contributed by atoms with van der Waals surface area (Å²) in [4.78, 5) is 14.5. The van der Waals surface area contributed by atoms with E-state index in [1.165, 1.54) is 13.0 Å². The van der Waals surface area contributed by atoms with Crippen LogP contribution < -0.4 is 0 Å². The van der Waals surface area contributed by atoms with Gasteiger partial charge in [0.05, 0.1) is 0 Å².